The first-order chi connectivity index (χ1) is 9.19. The van der Waals surface area contributed by atoms with Crippen LogP contribution in [0.5, 0.6) is 5.75 Å². The van der Waals surface area contributed by atoms with Gasteiger partial charge >= 0.3 is 0 Å². The summed E-state index contributed by atoms with van der Waals surface area (Å²) in [5.41, 5.74) is 0. The molecule has 1 aromatic carbocycles. The Morgan fingerprint density at radius 2 is 2.21 bits per heavy atom. The molecule has 0 heterocycles. The Labute approximate surface area is 118 Å². The van der Waals surface area contributed by atoms with Gasteiger partial charge in [0.25, 0.3) is 0 Å². The van der Waals surface area contributed by atoms with Gasteiger partial charge < -0.3 is 9.64 Å². The first-order valence-corrected chi connectivity index (χ1v) is 7.04. The summed E-state index contributed by atoms with van der Waals surface area (Å²) >= 11 is 1.60. The summed E-state index contributed by atoms with van der Waals surface area (Å²) in [6.45, 7) is 0.495. The molecule has 0 atom stereocenters. The summed E-state index contributed by atoms with van der Waals surface area (Å²) in [5.74, 6) is 1.60. The van der Waals surface area contributed by atoms with Crippen molar-refractivity contribution in [2.45, 2.75) is 17.7 Å². The van der Waals surface area contributed by atoms with E-state index in [1.54, 1.807) is 30.8 Å². The highest BCUT2D eigenvalue weighted by molar-refractivity contribution is 7.99. The Morgan fingerprint density at radius 3 is 2.89 bits per heavy atom. The molecule has 1 rings (SSSR count). The predicted octanol–water partition coefficient (Wildman–Crippen LogP) is 2.55. The van der Waals surface area contributed by atoms with Crippen molar-refractivity contribution in [2.75, 3.05) is 26.5 Å². The van der Waals surface area contributed by atoms with E-state index in [1.807, 2.05) is 30.3 Å². The van der Waals surface area contributed by atoms with E-state index in [9.17, 15) is 4.79 Å². The number of thioether (sulfide) groups is 1. The van der Waals surface area contributed by atoms with Gasteiger partial charge in [0.2, 0.25) is 5.91 Å². The molecule has 0 fully saturated rings. The first kappa shape index (κ1) is 15.4. The molecule has 0 saturated carbocycles. The molecule has 0 spiro atoms. The van der Waals surface area contributed by atoms with Gasteiger partial charge in [-0.2, -0.15) is 5.26 Å². The number of nitrogens with zero attached hydrogens (tertiary/aromatic N) is 2. The van der Waals surface area contributed by atoms with Crippen molar-refractivity contribution in [3.05, 3.63) is 24.3 Å². The number of para-hydroxylation sites is 1. The average molecular weight is 278 g/mol. The molecule has 0 unspecified atom stereocenters. The van der Waals surface area contributed by atoms with Gasteiger partial charge in [0.05, 0.1) is 19.6 Å². The quantitative estimate of drug-likeness (QED) is 0.719. The Hall–Kier alpha value is -1.67. The number of ether oxygens (including phenoxy) is 1. The number of methoxy groups -OCH3 is 1. The summed E-state index contributed by atoms with van der Waals surface area (Å²) < 4.78 is 5.25. The van der Waals surface area contributed by atoms with Gasteiger partial charge in [-0.15, -0.1) is 11.8 Å². The number of hydrogen-bond donors (Lipinski definition) is 0. The molecule has 5 heteroatoms. The van der Waals surface area contributed by atoms with Crippen LogP contribution in [0.1, 0.15) is 12.8 Å². The summed E-state index contributed by atoms with van der Waals surface area (Å²) in [7, 11) is 3.37. The molecule has 1 aromatic rings. The molecule has 0 radical (unpaired) electrons. The minimum atomic E-state index is 0.0673. The second kappa shape index (κ2) is 8.44. The normalized spacial score (nSPS) is 9.74. The van der Waals surface area contributed by atoms with Gasteiger partial charge in [-0.25, -0.2) is 0 Å². The van der Waals surface area contributed by atoms with E-state index in [0.29, 0.717) is 25.1 Å². The van der Waals surface area contributed by atoms with E-state index in [4.69, 9.17) is 10.00 Å². The van der Waals surface area contributed by atoms with Crippen LogP contribution in [0.3, 0.4) is 0 Å². The van der Waals surface area contributed by atoms with E-state index >= 15 is 0 Å². The van der Waals surface area contributed by atoms with Gasteiger partial charge in [-0.3, -0.25) is 4.79 Å². The lowest BCUT2D eigenvalue weighted by atomic mass is 10.3. The third-order valence-electron chi connectivity index (χ3n) is 2.63. The molecule has 19 heavy (non-hydrogen) atoms. The number of carbonyl (C=O) groups excluding carboxylic acids is 1. The second-order valence-corrected chi connectivity index (χ2v) is 5.11. The van der Waals surface area contributed by atoms with Crippen LogP contribution in [0.15, 0.2) is 29.2 Å². The molecule has 4 nitrogen and oxygen atoms in total. The van der Waals surface area contributed by atoms with Crippen LogP contribution >= 0.6 is 11.8 Å². The zero-order valence-electron chi connectivity index (χ0n) is 11.3. The number of benzene rings is 1. The maximum absolute atomic E-state index is 11.8. The van der Waals surface area contributed by atoms with Crippen molar-refractivity contribution in [1.82, 2.24) is 4.90 Å². The third-order valence-corrected chi connectivity index (χ3v) is 3.68. The minimum Gasteiger partial charge on any atom is -0.496 e. The van der Waals surface area contributed by atoms with Crippen molar-refractivity contribution < 1.29 is 9.53 Å². The van der Waals surface area contributed by atoms with Crippen LogP contribution < -0.4 is 4.74 Å². The zero-order chi connectivity index (χ0) is 14.1. The predicted molar refractivity (Wildman–Crippen MR) is 76.2 cm³/mol. The van der Waals surface area contributed by atoms with Crippen molar-refractivity contribution >= 4 is 17.7 Å². The molecule has 0 aliphatic heterocycles. The molecular formula is C14H18N2O2S. The van der Waals surface area contributed by atoms with Gasteiger partial charge in [0.15, 0.2) is 0 Å². The van der Waals surface area contributed by atoms with E-state index in [0.717, 1.165) is 10.6 Å². The van der Waals surface area contributed by atoms with E-state index in [-0.39, 0.29) is 5.91 Å². The largest absolute Gasteiger partial charge is 0.496 e. The lowest BCUT2D eigenvalue weighted by Crippen LogP contribution is -2.27. The van der Waals surface area contributed by atoms with Gasteiger partial charge in [0, 0.05) is 30.7 Å². The fourth-order valence-electron chi connectivity index (χ4n) is 1.52. The summed E-state index contributed by atoms with van der Waals surface area (Å²) in [6.07, 6.45) is 0.840. The summed E-state index contributed by atoms with van der Waals surface area (Å²) in [6, 6.07) is 9.79. The van der Waals surface area contributed by atoms with E-state index in [1.165, 1.54) is 0 Å². The number of rotatable bonds is 7. The number of amides is 1. The smallest absolute Gasteiger partial charge is 0.223 e. The molecule has 0 bridgehead atoms. The van der Waals surface area contributed by atoms with Gasteiger partial charge in [-0.05, 0) is 12.1 Å². The summed E-state index contributed by atoms with van der Waals surface area (Å²) in [4.78, 5) is 14.4. The molecular weight excluding hydrogens is 260 g/mol. The molecule has 0 aliphatic carbocycles. The van der Waals surface area contributed by atoms with Crippen molar-refractivity contribution in [1.29, 1.82) is 5.26 Å². The maximum atomic E-state index is 11.8. The third kappa shape index (κ3) is 5.23. The van der Waals surface area contributed by atoms with Crippen LogP contribution in [0.2, 0.25) is 0 Å². The highest BCUT2D eigenvalue weighted by Crippen LogP contribution is 2.29. The second-order valence-electron chi connectivity index (χ2n) is 3.97. The van der Waals surface area contributed by atoms with Crippen LogP contribution in [-0.4, -0.2) is 37.3 Å². The average Bonchev–Trinajstić information content (AvgIpc) is 2.45. The van der Waals surface area contributed by atoms with Crippen molar-refractivity contribution in [3.8, 4) is 11.8 Å². The van der Waals surface area contributed by atoms with Crippen molar-refractivity contribution in [2.24, 2.45) is 0 Å². The molecule has 0 aliphatic rings. The first-order valence-electron chi connectivity index (χ1n) is 6.05. The standard InChI is InChI=1S/C14H18N2O2S/c1-16(10-5-9-15)14(17)8-11-19-13-7-4-3-6-12(13)18-2/h3-4,6-7H,5,8,10-11H2,1-2H3. The van der Waals surface area contributed by atoms with Crippen LogP contribution in [-0.2, 0) is 4.79 Å². The van der Waals surface area contributed by atoms with E-state index in [2.05, 4.69) is 0 Å². The monoisotopic (exact) mass is 278 g/mol. The Bertz CT molecular complexity index is 457. The molecule has 0 aromatic heterocycles. The van der Waals surface area contributed by atoms with Crippen LogP contribution in [0.25, 0.3) is 0 Å². The Kier molecular flexibility index (Phi) is 6.83. The zero-order valence-corrected chi connectivity index (χ0v) is 12.1. The van der Waals surface area contributed by atoms with E-state index < -0.39 is 0 Å². The molecule has 0 saturated heterocycles. The highest BCUT2D eigenvalue weighted by Gasteiger charge is 2.09. The topological polar surface area (TPSA) is 53.3 Å². The SMILES string of the molecule is COc1ccccc1SCCC(=O)N(C)CCC#N. The lowest BCUT2D eigenvalue weighted by molar-refractivity contribution is -0.129. The Morgan fingerprint density at radius 1 is 1.47 bits per heavy atom. The molecule has 102 valence electrons. The fraction of sp³-hybridized carbons (Fsp3) is 0.429. The van der Waals surface area contributed by atoms with Gasteiger partial charge in [0.1, 0.15) is 5.75 Å². The lowest BCUT2D eigenvalue weighted by Gasteiger charge is -2.15. The molecule has 1 amide bonds. The fourth-order valence-corrected chi connectivity index (χ4v) is 2.48. The Balaban J connectivity index is 2.38. The number of carbonyl (C=O) groups is 1. The number of hydrogen-bond acceptors (Lipinski definition) is 4. The van der Waals surface area contributed by atoms with Gasteiger partial charge in [-0.1, -0.05) is 12.1 Å². The van der Waals surface area contributed by atoms with Crippen molar-refractivity contribution in [3.63, 3.8) is 0 Å². The number of nitriles is 1. The minimum absolute atomic E-state index is 0.0673. The maximum Gasteiger partial charge on any atom is 0.223 e. The molecule has 0 N–H and O–H groups in total. The highest BCUT2D eigenvalue weighted by atomic mass is 32.2. The summed E-state index contributed by atoms with van der Waals surface area (Å²) in [5, 5.41) is 8.47. The van der Waals surface area contributed by atoms with Crippen LogP contribution in [0.4, 0.5) is 0 Å². The van der Waals surface area contributed by atoms with Crippen LogP contribution in [0, 0.1) is 11.3 Å².